The van der Waals surface area contributed by atoms with Crippen LogP contribution < -0.4 is 10.9 Å². The molecule has 1 N–H and O–H groups in total. The van der Waals surface area contributed by atoms with E-state index in [1.54, 1.807) is 31.5 Å². The van der Waals surface area contributed by atoms with Crippen LogP contribution in [-0.4, -0.2) is 39.9 Å². The molecule has 0 spiro atoms. The Bertz CT molecular complexity index is 1160. The van der Waals surface area contributed by atoms with Crippen LogP contribution in [0.5, 0.6) is 0 Å². The van der Waals surface area contributed by atoms with E-state index in [-0.39, 0.29) is 23.8 Å². The van der Waals surface area contributed by atoms with Gasteiger partial charge in [0.1, 0.15) is 16.9 Å². The fourth-order valence-electron chi connectivity index (χ4n) is 3.46. The molecule has 3 aromatic rings. The predicted molar refractivity (Wildman–Crippen MR) is 135 cm³/mol. The molecular weight excluding hydrogens is 468 g/mol. The number of unbranched alkanes of at least 4 members (excludes halogenated alkanes) is 3. The molecule has 0 saturated heterocycles. The van der Waals surface area contributed by atoms with Gasteiger partial charge in [-0.15, -0.1) is 11.3 Å². The maximum atomic E-state index is 13.3. The SMILES string of the molecule is CCOC(=O)CCCCCCOC(=O)c1c(-c2cccs2)nn(CC)c(=O)c1Nc1cccnc1. The van der Waals surface area contributed by atoms with Gasteiger partial charge in [-0.25, -0.2) is 9.48 Å². The van der Waals surface area contributed by atoms with Gasteiger partial charge in [-0.2, -0.15) is 5.10 Å². The first-order chi connectivity index (χ1) is 17.0. The Hall–Kier alpha value is -3.53. The van der Waals surface area contributed by atoms with Crippen LogP contribution >= 0.6 is 11.3 Å². The smallest absolute Gasteiger partial charge is 0.342 e. The largest absolute Gasteiger partial charge is 0.466 e. The van der Waals surface area contributed by atoms with Gasteiger partial charge in [-0.1, -0.05) is 18.9 Å². The zero-order valence-corrected chi connectivity index (χ0v) is 20.8. The average Bonchev–Trinajstić information content (AvgIpc) is 3.40. The van der Waals surface area contributed by atoms with Crippen LogP contribution in [0.2, 0.25) is 0 Å². The fourth-order valence-corrected chi connectivity index (χ4v) is 4.18. The van der Waals surface area contributed by atoms with Crippen LogP contribution in [0, 0.1) is 0 Å². The van der Waals surface area contributed by atoms with Gasteiger partial charge >= 0.3 is 11.9 Å². The molecule has 0 bridgehead atoms. The van der Waals surface area contributed by atoms with Crippen molar-refractivity contribution in [3.63, 3.8) is 0 Å². The van der Waals surface area contributed by atoms with E-state index in [0.29, 0.717) is 37.4 Å². The van der Waals surface area contributed by atoms with E-state index < -0.39 is 11.5 Å². The summed E-state index contributed by atoms with van der Waals surface area (Å²) in [4.78, 5) is 42.7. The lowest BCUT2D eigenvalue weighted by atomic mass is 10.1. The summed E-state index contributed by atoms with van der Waals surface area (Å²) in [5, 5.41) is 9.42. The summed E-state index contributed by atoms with van der Waals surface area (Å²) in [7, 11) is 0. The molecule has 10 heteroatoms. The molecule has 0 aliphatic rings. The molecule has 3 aromatic heterocycles. The van der Waals surface area contributed by atoms with E-state index in [4.69, 9.17) is 9.47 Å². The van der Waals surface area contributed by atoms with Gasteiger partial charge < -0.3 is 14.8 Å². The van der Waals surface area contributed by atoms with Gasteiger partial charge in [0.05, 0.1) is 30.0 Å². The maximum absolute atomic E-state index is 13.3. The molecule has 0 radical (unpaired) electrons. The fraction of sp³-hybridized carbons (Fsp3) is 0.400. The van der Waals surface area contributed by atoms with Gasteiger partial charge in [0.2, 0.25) is 0 Å². The van der Waals surface area contributed by atoms with Gasteiger partial charge in [-0.3, -0.25) is 14.6 Å². The number of nitrogens with one attached hydrogen (secondary N) is 1. The van der Waals surface area contributed by atoms with E-state index in [1.807, 2.05) is 24.4 Å². The van der Waals surface area contributed by atoms with E-state index in [0.717, 1.165) is 24.1 Å². The van der Waals surface area contributed by atoms with Gasteiger partial charge in [0.25, 0.3) is 5.56 Å². The third-order valence-electron chi connectivity index (χ3n) is 5.16. The molecule has 9 nitrogen and oxygen atoms in total. The number of hydrogen-bond acceptors (Lipinski definition) is 9. The molecule has 0 saturated carbocycles. The predicted octanol–water partition coefficient (Wildman–Crippen LogP) is 4.80. The summed E-state index contributed by atoms with van der Waals surface area (Å²) in [5.41, 5.74) is 0.770. The molecule has 3 heterocycles. The summed E-state index contributed by atoms with van der Waals surface area (Å²) < 4.78 is 11.8. The second-order valence-electron chi connectivity index (χ2n) is 7.67. The van der Waals surface area contributed by atoms with Crippen molar-refractivity contribution in [2.75, 3.05) is 18.5 Å². The second-order valence-corrected chi connectivity index (χ2v) is 8.62. The van der Waals surface area contributed by atoms with Crippen molar-refractivity contribution < 1.29 is 19.1 Å². The monoisotopic (exact) mass is 498 g/mol. The molecular formula is C25H30N4O5S. The first kappa shape index (κ1) is 26.1. The van der Waals surface area contributed by atoms with Gasteiger partial charge in [-0.05, 0) is 50.3 Å². The Labute approximate surface area is 208 Å². The quantitative estimate of drug-likeness (QED) is 0.264. The van der Waals surface area contributed by atoms with E-state index in [1.165, 1.54) is 16.0 Å². The van der Waals surface area contributed by atoms with Crippen LogP contribution in [0.15, 0.2) is 46.8 Å². The van der Waals surface area contributed by atoms with Crippen LogP contribution in [0.25, 0.3) is 10.6 Å². The molecule has 0 aliphatic carbocycles. The van der Waals surface area contributed by atoms with E-state index in [2.05, 4.69) is 15.4 Å². The minimum absolute atomic E-state index is 0.105. The van der Waals surface area contributed by atoms with Gasteiger partial charge in [0, 0.05) is 19.2 Å². The average molecular weight is 499 g/mol. The molecule has 0 atom stereocenters. The number of esters is 2. The van der Waals surface area contributed by atoms with E-state index >= 15 is 0 Å². The highest BCUT2D eigenvalue weighted by atomic mass is 32.1. The second kappa shape index (κ2) is 13.4. The number of aryl methyl sites for hydroxylation is 1. The normalized spacial score (nSPS) is 10.7. The number of ether oxygens (including phenoxy) is 2. The molecule has 35 heavy (non-hydrogen) atoms. The zero-order chi connectivity index (χ0) is 25.0. The number of carbonyl (C=O) groups is 2. The van der Waals surface area contributed by atoms with E-state index in [9.17, 15) is 14.4 Å². The number of rotatable bonds is 13. The summed E-state index contributed by atoms with van der Waals surface area (Å²) in [5.74, 6) is -0.804. The molecule has 0 unspecified atom stereocenters. The van der Waals surface area contributed by atoms with Crippen molar-refractivity contribution in [3.05, 3.63) is 58.0 Å². The molecule has 3 rings (SSSR count). The number of aromatic nitrogens is 3. The number of carbonyl (C=O) groups excluding carboxylic acids is 2. The first-order valence-electron chi connectivity index (χ1n) is 11.7. The highest BCUT2D eigenvalue weighted by Crippen LogP contribution is 2.30. The highest BCUT2D eigenvalue weighted by Gasteiger charge is 2.26. The van der Waals surface area contributed by atoms with Crippen molar-refractivity contribution >= 4 is 34.7 Å². The lowest BCUT2D eigenvalue weighted by Crippen LogP contribution is -2.29. The Morgan fingerprint density at radius 3 is 2.60 bits per heavy atom. The van der Waals surface area contributed by atoms with Crippen molar-refractivity contribution in [3.8, 4) is 10.6 Å². The summed E-state index contributed by atoms with van der Waals surface area (Å²) in [6, 6.07) is 7.22. The van der Waals surface area contributed by atoms with Crippen molar-refractivity contribution in [2.45, 2.75) is 52.5 Å². The summed E-state index contributed by atoms with van der Waals surface area (Å²) >= 11 is 1.43. The van der Waals surface area contributed by atoms with Crippen molar-refractivity contribution in [1.82, 2.24) is 14.8 Å². The Morgan fingerprint density at radius 2 is 1.91 bits per heavy atom. The topological polar surface area (TPSA) is 112 Å². The number of thiophene rings is 1. The zero-order valence-electron chi connectivity index (χ0n) is 20.0. The number of nitrogens with zero attached hydrogens (tertiary/aromatic N) is 3. The Morgan fingerprint density at radius 1 is 1.09 bits per heavy atom. The molecule has 0 aromatic carbocycles. The summed E-state index contributed by atoms with van der Waals surface area (Å²) in [6.07, 6.45) is 6.61. The van der Waals surface area contributed by atoms with Crippen LogP contribution in [0.4, 0.5) is 11.4 Å². The molecule has 0 aliphatic heterocycles. The minimum atomic E-state index is -0.612. The highest BCUT2D eigenvalue weighted by molar-refractivity contribution is 7.13. The van der Waals surface area contributed by atoms with Crippen LogP contribution in [-0.2, 0) is 20.8 Å². The lowest BCUT2D eigenvalue weighted by Gasteiger charge is -2.16. The molecule has 0 amide bonds. The Balaban J connectivity index is 1.77. The maximum Gasteiger partial charge on any atom is 0.342 e. The van der Waals surface area contributed by atoms with Crippen molar-refractivity contribution in [2.24, 2.45) is 0 Å². The first-order valence-corrected chi connectivity index (χ1v) is 12.6. The Kier molecular flexibility index (Phi) is 9.97. The van der Waals surface area contributed by atoms with Crippen LogP contribution in [0.1, 0.15) is 56.3 Å². The molecule has 186 valence electrons. The standard InChI is InChI=1S/C25H30N4O5S/c1-3-29-24(31)23(27-18-11-9-14-26-17-18)21(22(28-29)19-12-10-16-35-19)25(32)34-15-8-6-5-7-13-20(30)33-4-2/h9-12,14,16-17,27H,3-8,13,15H2,1-2H3. The lowest BCUT2D eigenvalue weighted by molar-refractivity contribution is -0.143. The van der Waals surface area contributed by atoms with Gasteiger partial charge in [0.15, 0.2) is 0 Å². The molecule has 0 fully saturated rings. The number of anilines is 2. The third kappa shape index (κ3) is 7.22. The van der Waals surface area contributed by atoms with Crippen LogP contribution in [0.3, 0.4) is 0 Å². The summed E-state index contributed by atoms with van der Waals surface area (Å²) in [6.45, 7) is 4.54. The third-order valence-corrected chi connectivity index (χ3v) is 6.04. The minimum Gasteiger partial charge on any atom is -0.466 e. The number of pyridine rings is 1. The number of hydrogen-bond donors (Lipinski definition) is 1. The van der Waals surface area contributed by atoms with Crippen molar-refractivity contribution in [1.29, 1.82) is 0 Å².